The Hall–Kier alpha value is -3.15. The first-order chi connectivity index (χ1) is 11.8. The van der Waals surface area contributed by atoms with E-state index in [4.69, 9.17) is 0 Å². The predicted octanol–water partition coefficient (Wildman–Crippen LogP) is 3.06. The Balaban J connectivity index is 1.80. The molecule has 4 rings (SSSR count). The maximum atomic E-state index is 12.8. The zero-order valence-corrected chi connectivity index (χ0v) is 13.2. The van der Waals surface area contributed by atoms with Crippen molar-refractivity contribution in [2.24, 2.45) is 0 Å². The minimum Gasteiger partial charge on any atom is -0.361 e. The number of pyridine rings is 1. The molecule has 0 saturated carbocycles. The van der Waals surface area contributed by atoms with Gasteiger partial charge in [0.05, 0.1) is 17.5 Å². The van der Waals surface area contributed by atoms with Crippen LogP contribution in [0.3, 0.4) is 0 Å². The number of benzene rings is 1. The molecule has 0 saturated heterocycles. The van der Waals surface area contributed by atoms with Gasteiger partial charge in [0.25, 0.3) is 5.91 Å². The second-order valence-corrected chi connectivity index (χ2v) is 5.63. The predicted molar refractivity (Wildman–Crippen MR) is 91.3 cm³/mol. The van der Waals surface area contributed by atoms with Crippen LogP contribution in [0.5, 0.6) is 0 Å². The van der Waals surface area contributed by atoms with E-state index in [0.29, 0.717) is 12.1 Å². The van der Waals surface area contributed by atoms with Crippen molar-refractivity contribution in [2.45, 2.75) is 13.1 Å². The quantitative estimate of drug-likeness (QED) is 0.778. The summed E-state index contributed by atoms with van der Waals surface area (Å²) in [5.41, 5.74) is 4.27. The minimum atomic E-state index is -0.272. The first kappa shape index (κ1) is 14.4. The third-order valence-electron chi connectivity index (χ3n) is 4.28. The molecule has 0 fully saturated rings. The molecule has 24 heavy (non-hydrogen) atoms. The molecule has 6 nitrogen and oxygen atoms in total. The van der Waals surface area contributed by atoms with Crippen LogP contribution in [0, 0.1) is 0 Å². The Morgan fingerprint density at radius 2 is 2.04 bits per heavy atom. The second kappa shape index (κ2) is 5.81. The smallest absolute Gasteiger partial charge is 0.257 e. The van der Waals surface area contributed by atoms with Crippen molar-refractivity contribution in [3.05, 3.63) is 66.1 Å². The molecular formula is C18H17N5O. The van der Waals surface area contributed by atoms with Gasteiger partial charge < -0.3 is 10.2 Å². The summed E-state index contributed by atoms with van der Waals surface area (Å²) in [7, 11) is 0. The average molecular weight is 319 g/mol. The van der Waals surface area contributed by atoms with Crippen LogP contribution < -0.4 is 5.32 Å². The van der Waals surface area contributed by atoms with Crippen molar-refractivity contribution in [2.75, 3.05) is 11.9 Å². The zero-order chi connectivity index (χ0) is 16.5. The molecule has 3 aromatic rings. The van der Waals surface area contributed by atoms with Crippen LogP contribution in [0.25, 0.3) is 11.3 Å². The number of nitrogens with one attached hydrogen (secondary N) is 2. The summed E-state index contributed by atoms with van der Waals surface area (Å²) in [4.78, 5) is 18.8. The van der Waals surface area contributed by atoms with Crippen LogP contribution in [-0.2, 0) is 0 Å². The van der Waals surface area contributed by atoms with Crippen LogP contribution in [0.2, 0.25) is 0 Å². The van der Waals surface area contributed by atoms with E-state index in [1.165, 1.54) is 0 Å². The zero-order valence-electron chi connectivity index (χ0n) is 13.2. The maximum absolute atomic E-state index is 12.8. The average Bonchev–Trinajstić information content (AvgIpc) is 3.12. The van der Waals surface area contributed by atoms with E-state index < -0.39 is 0 Å². The van der Waals surface area contributed by atoms with Crippen LogP contribution in [0.4, 0.5) is 5.69 Å². The van der Waals surface area contributed by atoms with Gasteiger partial charge in [0.2, 0.25) is 0 Å². The molecule has 0 bridgehead atoms. The van der Waals surface area contributed by atoms with Gasteiger partial charge in [0.15, 0.2) is 0 Å². The molecule has 2 N–H and O–H groups in total. The SMILES string of the molecule is CCN1C(=O)c2ccccc2NC1c1cn[nH]c1-c1cccnc1. The first-order valence-electron chi connectivity index (χ1n) is 7.89. The number of carbonyl (C=O) groups is 1. The van der Waals surface area contributed by atoms with Gasteiger partial charge >= 0.3 is 0 Å². The fourth-order valence-electron chi connectivity index (χ4n) is 3.11. The highest BCUT2D eigenvalue weighted by atomic mass is 16.2. The van der Waals surface area contributed by atoms with Gasteiger partial charge in [0.1, 0.15) is 6.17 Å². The lowest BCUT2D eigenvalue weighted by Crippen LogP contribution is -2.42. The second-order valence-electron chi connectivity index (χ2n) is 5.63. The lowest BCUT2D eigenvalue weighted by molar-refractivity contribution is 0.0695. The number of carbonyl (C=O) groups excluding carboxylic acids is 1. The molecular weight excluding hydrogens is 302 g/mol. The van der Waals surface area contributed by atoms with Crippen molar-refractivity contribution < 1.29 is 4.79 Å². The lowest BCUT2D eigenvalue weighted by Gasteiger charge is -2.37. The highest BCUT2D eigenvalue weighted by Gasteiger charge is 2.33. The largest absolute Gasteiger partial charge is 0.361 e. The third-order valence-corrected chi connectivity index (χ3v) is 4.28. The molecule has 120 valence electrons. The summed E-state index contributed by atoms with van der Waals surface area (Å²) in [6.07, 6.45) is 5.01. The fraction of sp³-hybridized carbons (Fsp3) is 0.167. The third kappa shape index (κ3) is 2.23. The molecule has 1 aromatic carbocycles. The normalized spacial score (nSPS) is 16.6. The van der Waals surface area contributed by atoms with Crippen LogP contribution in [0.15, 0.2) is 55.0 Å². The monoisotopic (exact) mass is 319 g/mol. The Kier molecular flexibility index (Phi) is 3.49. The molecule has 1 amide bonds. The fourth-order valence-corrected chi connectivity index (χ4v) is 3.11. The number of aromatic nitrogens is 3. The summed E-state index contributed by atoms with van der Waals surface area (Å²) in [6, 6.07) is 11.4. The number of hydrogen-bond acceptors (Lipinski definition) is 4. The standard InChI is InChI=1S/C18H17N5O/c1-2-23-17(21-15-8-4-3-7-13(15)18(23)24)14-11-20-22-16(14)12-6-5-9-19-10-12/h3-11,17,21H,2H2,1H3,(H,20,22). The maximum Gasteiger partial charge on any atom is 0.257 e. The Morgan fingerprint density at radius 1 is 1.17 bits per heavy atom. The molecule has 1 aliphatic rings. The van der Waals surface area contributed by atoms with Crippen molar-refractivity contribution in [1.82, 2.24) is 20.1 Å². The van der Waals surface area contributed by atoms with E-state index in [1.54, 1.807) is 18.6 Å². The number of anilines is 1. The number of H-pyrrole nitrogens is 1. The van der Waals surface area contributed by atoms with Gasteiger partial charge in [0, 0.05) is 35.8 Å². The molecule has 1 atom stereocenters. The molecule has 6 heteroatoms. The summed E-state index contributed by atoms with van der Waals surface area (Å²) < 4.78 is 0. The molecule has 0 radical (unpaired) electrons. The van der Waals surface area contributed by atoms with E-state index in [0.717, 1.165) is 22.5 Å². The van der Waals surface area contributed by atoms with Crippen molar-refractivity contribution in [3.8, 4) is 11.3 Å². The number of rotatable bonds is 3. The van der Waals surface area contributed by atoms with Crippen LogP contribution in [0.1, 0.15) is 29.0 Å². The molecule has 2 aromatic heterocycles. The van der Waals surface area contributed by atoms with E-state index in [9.17, 15) is 4.79 Å². The van der Waals surface area contributed by atoms with Gasteiger partial charge in [-0.3, -0.25) is 14.9 Å². The topological polar surface area (TPSA) is 73.9 Å². The first-order valence-corrected chi connectivity index (χ1v) is 7.89. The van der Waals surface area contributed by atoms with Gasteiger partial charge in [-0.05, 0) is 31.2 Å². The van der Waals surface area contributed by atoms with E-state index in [2.05, 4.69) is 20.5 Å². The number of para-hydroxylation sites is 1. The Morgan fingerprint density at radius 3 is 2.83 bits per heavy atom. The summed E-state index contributed by atoms with van der Waals surface area (Å²) >= 11 is 0. The summed E-state index contributed by atoms with van der Waals surface area (Å²) in [6.45, 7) is 2.58. The Bertz CT molecular complexity index is 874. The number of aromatic amines is 1. The molecule has 0 spiro atoms. The van der Waals surface area contributed by atoms with E-state index in [-0.39, 0.29) is 12.1 Å². The lowest BCUT2D eigenvalue weighted by atomic mass is 10.0. The van der Waals surface area contributed by atoms with Gasteiger partial charge in [-0.2, -0.15) is 5.10 Å². The van der Waals surface area contributed by atoms with E-state index >= 15 is 0 Å². The van der Waals surface area contributed by atoms with Crippen LogP contribution in [-0.4, -0.2) is 32.5 Å². The molecule has 1 unspecified atom stereocenters. The van der Waals surface area contributed by atoms with Gasteiger partial charge in [-0.25, -0.2) is 0 Å². The summed E-state index contributed by atoms with van der Waals surface area (Å²) in [5.74, 6) is 0.0233. The van der Waals surface area contributed by atoms with E-state index in [1.807, 2.05) is 48.2 Å². The van der Waals surface area contributed by atoms with Crippen molar-refractivity contribution in [3.63, 3.8) is 0 Å². The highest BCUT2D eigenvalue weighted by molar-refractivity contribution is 6.01. The number of amides is 1. The summed E-state index contributed by atoms with van der Waals surface area (Å²) in [5, 5.41) is 10.7. The van der Waals surface area contributed by atoms with Crippen molar-refractivity contribution in [1.29, 1.82) is 0 Å². The molecule has 0 aliphatic carbocycles. The van der Waals surface area contributed by atoms with Gasteiger partial charge in [-0.15, -0.1) is 0 Å². The number of nitrogens with zero attached hydrogens (tertiary/aromatic N) is 3. The highest BCUT2D eigenvalue weighted by Crippen LogP contribution is 2.36. The van der Waals surface area contributed by atoms with Crippen molar-refractivity contribution >= 4 is 11.6 Å². The Labute approximate surface area is 139 Å². The minimum absolute atomic E-state index is 0.0233. The molecule has 3 heterocycles. The molecule has 1 aliphatic heterocycles. The number of hydrogen-bond donors (Lipinski definition) is 2. The van der Waals surface area contributed by atoms with Gasteiger partial charge in [-0.1, -0.05) is 12.1 Å². The number of fused-ring (bicyclic) bond motifs is 1. The van der Waals surface area contributed by atoms with Crippen LogP contribution >= 0.6 is 0 Å².